The lowest BCUT2D eigenvalue weighted by Crippen LogP contribution is -2.00. The molecule has 2 aromatic carbocycles. The van der Waals surface area contributed by atoms with Crippen molar-refractivity contribution in [2.75, 3.05) is 0 Å². The van der Waals surface area contributed by atoms with E-state index < -0.39 is 0 Å². The molecule has 0 saturated heterocycles. The average molecular weight is 360 g/mol. The van der Waals surface area contributed by atoms with E-state index in [1.807, 2.05) is 4.57 Å². The normalized spacial score (nSPS) is 11.0. The smallest absolute Gasteiger partial charge is 0.200 e. The van der Waals surface area contributed by atoms with E-state index in [2.05, 4.69) is 96.2 Å². The SMILES string of the molecule is Cc1ccc(-n2c(-c3ccc(-n4c(C)ccc4C)cc3)n[nH]c2=S)cc1. The maximum absolute atomic E-state index is 5.45. The number of aromatic nitrogens is 4. The fourth-order valence-electron chi connectivity index (χ4n) is 3.26. The van der Waals surface area contributed by atoms with E-state index in [-0.39, 0.29) is 0 Å². The van der Waals surface area contributed by atoms with Crippen molar-refractivity contribution in [1.29, 1.82) is 0 Å². The van der Waals surface area contributed by atoms with Crippen LogP contribution in [0.2, 0.25) is 0 Å². The summed E-state index contributed by atoms with van der Waals surface area (Å²) in [5, 5.41) is 7.37. The van der Waals surface area contributed by atoms with Gasteiger partial charge >= 0.3 is 0 Å². The first kappa shape index (κ1) is 16.5. The predicted molar refractivity (Wildman–Crippen MR) is 108 cm³/mol. The molecule has 0 spiro atoms. The predicted octanol–water partition coefficient (Wildman–Crippen LogP) is 5.31. The van der Waals surface area contributed by atoms with Gasteiger partial charge in [-0.15, -0.1) is 0 Å². The lowest BCUT2D eigenvalue weighted by molar-refractivity contribution is 0.965. The summed E-state index contributed by atoms with van der Waals surface area (Å²) >= 11 is 5.45. The monoisotopic (exact) mass is 360 g/mol. The van der Waals surface area contributed by atoms with E-state index >= 15 is 0 Å². The van der Waals surface area contributed by atoms with E-state index in [1.54, 1.807) is 0 Å². The van der Waals surface area contributed by atoms with Crippen LogP contribution in [0.1, 0.15) is 17.0 Å². The summed E-state index contributed by atoms with van der Waals surface area (Å²) in [6.07, 6.45) is 0. The Morgan fingerprint density at radius 2 is 1.27 bits per heavy atom. The molecule has 4 nitrogen and oxygen atoms in total. The quantitative estimate of drug-likeness (QED) is 0.503. The van der Waals surface area contributed by atoms with Crippen LogP contribution in [0.4, 0.5) is 0 Å². The number of H-pyrrole nitrogens is 1. The molecule has 5 heteroatoms. The van der Waals surface area contributed by atoms with Crippen molar-refractivity contribution >= 4 is 12.2 Å². The summed E-state index contributed by atoms with van der Waals surface area (Å²) in [7, 11) is 0. The number of nitrogens with zero attached hydrogens (tertiary/aromatic N) is 3. The van der Waals surface area contributed by atoms with Crippen molar-refractivity contribution < 1.29 is 0 Å². The molecule has 0 unspecified atom stereocenters. The van der Waals surface area contributed by atoms with E-state index in [4.69, 9.17) is 12.2 Å². The first-order valence-electron chi connectivity index (χ1n) is 8.55. The second kappa shape index (κ2) is 6.42. The van der Waals surface area contributed by atoms with Gasteiger partial charge in [-0.05, 0) is 81.5 Å². The van der Waals surface area contributed by atoms with Gasteiger partial charge in [-0.1, -0.05) is 17.7 Å². The maximum Gasteiger partial charge on any atom is 0.200 e. The number of hydrogen-bond acceptors (Lipinski definition) is 2. The van der Waals surface area contributed by atoms with E-state index in [9.17, 15) is 0 Å². The van der Waals surface area contributed by atoms with Gasteiger partial charge in [0.25, 0.3) is 0 Å². The molecule has 1 N–H and O–H groups in total. The molecule has 26 heavy (non-hydrogen) atoms. The third-order valence-electron chi connectivity index (χ3n) is 4.62. The number of rotatable bonds is 3. The van der Waals surface area contributed by atoms with Gasteiger partial charge < -0.3 is 4.57 Å². The molecule has 0 bridgehead atoms. The van der Waals surface area contributed by atoms with Gasteiger partial charge in [-0.3, -0.25) is 9.67 Å². The minimum absolute atomic E-state index is 0.588. The van der Waals surface area contributed by atoms with Crippen LogP contribution in [0.3, 0.4) is 0 Å². The number of benzene rings is 2. The Morgan fingerprint density at radius 3 is 1.88 bits per heavy atom. The van der Waals surface area contributed by atoms with Gasteiger partial charge in [0.15, 0.2) is 10.6 Å². The zero-order chi connectivity index (χ0) is 18.3. The Hall–Kier alpha value is -2.92. The van der Waals surface area contributed by atoms with Crippen LogP contribution >= 0.6 is 12.2 Å². The molecule has 0 aliphatic rings. The minimum atomic E-state index is 0.588. The molecule has 4 aromatic rings. The lowest BCUT2D eigenvalue weighted by Gasteiger charge is -2.11. The molecule has 0 amide bonds. The zero-order valence-electron chi connectivity index (χ0n) is 15.0. The van der Waals surface area contributed by atoms with Gasteiger partial charge in [0.05, 0.1) is 0 Å². The van der Waals surface area contributed by atoms with Crippen LogP contribution in [0, 0.1) is 25.5 Å². The van der Waals surface area contributed by atoms with Gasteiger partial charge in [0, 0.05) is 28.3 Å². The molecule has 0 saturated carbocycles. The maximum atomic E-state index is 5.45. The molecule has 2 heterocycles. The highest BCUT2D eigenvalue weighted by atomic mass is 32.1. The van der Waals surface area contributed by atoms with Crippen LogP contribution in [-0.2, 0) is 0 Å². The third-order valence-corrected chi connectivity index (χ3v) is 4.89. The van der Waals surface area contributed by atoms with Crippen LogP contribution in [0.15, 0.2) is 60.7 Å². The molecule has 130 valence electrons. The second-order valence-electron chi connectivity index (χ2n) is 6.52. The lowest BCUT2D eigenvalue weighted by atomic mass is 10.1. The standard InChI is InChI=1S/C21H20N4S/c1-14-4-10-19(11-5-14)25-20(22-23-21(25)26)17-8-12-18(13-9-17)24-15(2)6-7-16(24)3/h4-13H,1-3H3,(H,23,26). The summed E-state index contributed by atoms with van der Waals surface area (Å²) < 4.78 is 4.79. The fourth-order valence-corrected chi connectivity index (χ4v) is 3.50. The summed E-state index contributed by atoms with van der Waals surface area (Å²) in [6, 6.07) is 20.9. The molecule has 0 fully saturated rings. The molecule has 4 rings (SSSR count). The molecule has 2 aromatic heterocycles. The fraction of sp³-hybridized carbons (Fsp3) is 0.143. The minimum Gasteiger partial charge on any atom is -0.319 e. The number of aryl methyl sites for hydroxylation is 3. The van der Waals surface area contributed by atoms with Crippen molar-refractivity contribution in [2.45, 2.75) is 20.8 Å². The van der Waals surface area contributed by atoms with Crippen LogP contribution in [-0.4, -0.2) is 19.3 Å². The Kier molecular flexibility index (Phi) is 4.09. The van der Waals surface area contributed by atoms with Gasteiger partial charge in [0.1, 0.15) is 0 Å². The Balaban J connectivity index is 1.78. The zero-order valence-corrected chi connectivity index (χ0v) is 15.8. The van der Waals surface area contributed by atoms with Gasteiger partial charge in [0.2, 0.25) is 0 Å². The van der Waals surface area contributed by atoms with E-state index in [1.165, 1.54) is 17.0 Å². The Bertz CT molecular complexity index is 1090. The summed E-state index contributed by atoms with van der Waals surface area (Å²) in [6.45, 7) is 6.30. The molecule has 0 radical (unpaired) electrons. The molecule has 0 aliphatic carbocycles. The summed E-state index contributed by atoms with van der Waals surface area (Å²) in [5.74, 6) is 0.811. The number of nitrogens with one attached hydrogen (secondary N) is 1. The second-order valence-corrected chi connectivity index (χ2v) is 6.91. The molecule has 0 atom stereocenters. The topological polar surface area (TPSA) is 38.5 Å². The average Bonchev–Trinajstić information content (AvgIpc) is 3.18. The first-order valence-corrected chi connectivity index (χ1v) is 8.95. The highest BCUT2D eigenvalue weighted by molar-refractivity contribution is 7.71. The first-order chi connectivity index (χ1) is 12.5. The van der Waals surface area contributed by atoms with E-state index in [0.29, 0.717) is 4.77 Å². The Morgan fingerprint density at radius 1 is 0.731 bits per heavy atom. The van der Waals surface area contributed by atoms with Gasteiger partial charge in [-0.25, -0.2) is 0 Å². The van der Waals surface area contributed by atoms with Crippen molar-refractivity contribution in [3.63, 3.8) is 0 Å². The summed E-state index contributed by atoms with van der Waals surface area (Å²) in [5.41, 5.74) is 6.82. The largest absolute Gasteiger partial charge is 0.319 e. The number of hydrogen-bond donors (Lipinski definition) is 1. The van der Waals surface area contributed by atoms with Crippen LogP contribution < -0.4 is 0 Å². The van der Waals surface area contributed by atoms with Crippen molar-refractivity contribution in [1.82, 2.24) is 19.3 Å². The van der Waals surface area contributed by atoms with Crippen LogP contribution in [0.25, 0.3) is 22.8 Å². The highest BCUT2D eigenvalue weighted by Crippen LogP contribution is 2.24. The summed E-state index contributed by atoms with van der Waals surface area (Å²) in [4.78, 5) is 0. The molecule has 0 aliphatic heterocycles. The van der Waals surface area contributed by atoms with Gasteiger partial charge in [-0.2, -0.15) is 5.10 Å². The van der Waals surface area contributed by atoms with Crippen molar-refractivity contribution in [3.05, 3.63) is 82.4 Å². The third kappa shape index (κ3) is 2.80. The molecular weight excluding hydrogens is 340 g/mol. The number of aromatic amines is 1. The van der Waals surface area contributed by atoms with Crippen LogP contribution in [0.5, 0.6) is 0 Å². The highest BCUT2D eigenvalue weighted by Gasteiger charge is 2.11. The van der Waals surface area contributed by atoms with E-state index in [0.717, 1.165) is 22.8 Å². The molecular formula is C21H20N4S. The Labute approximate surface area is 157 Å². The van der Waals surface area contributed by atoms with Crippen molar-refractivity contribution in [3.8, 4) is 22.8 Å². The van der Waals surface area contributed by atoms with Crippen molar-refractivity contribution in [2.24, 2.45) is 0 Å².